The Morgan fingerprint density at radius 1 is 1.26 bits per heavy atom. The Hall–Kier alpha value is -2.11. The van der Waals surface area contributed by atoms with Crippen molar-refractivity contribution in [2.45, 2.75) is 19.9 Å². The van der Waals surface area contributed by atoms with Gasteiger partial charge in [-0.15, -0.1) is 0 Å². The third kappa shape index (κ3) is 2.83. The highest BCUT2D eigenvalue weighted by atomic mass is 19.2. The van der Waals surface area contributed by atoms with E-state index in [0.717, 1.165) is 0 Å². The molecule has 0 N–H and O–H groups in total. The van der Waals surface area contributed by atoms with Gasteiger partial charge in [0.2, 0.25) is 0 Å². The first kappa shape index (κ1) is 13.3. The number of carbonyl (C=O) groups is 1. The van der Waals surface area contributed by atoms with Gasteiger partial charge in [-0.1, -0.05) is 0 Å². The van der Waals surface area contributed by atoms with Gasteiger partial charge in [-0.3, -0.25) is 9.48 Å². The number of halogens is 3. The summed E-state index contributed by atoms with van der Waals surface area (Å²) in [4.78, 5) is 11.8. The van der Waals surface area contributed by atoms with Crippen molar-refractivity contribution in [1.82, 2.24) is 9.78 Å². The summed E-state index contributed by atoms with van der Waals surface area (Å²) >= 11 is 0. The first-order chi connectivity index (χ1) is 9.01. The molecule has 0 unspecified atom stereocenters. The van der Waals surface area contributed by atoms with Crippen molar-refractivity contribution in [3.8, 4) is 0 Å². The van der Waals surface area contributed by atoms with Crippen molar-refractivity contribution in [3.63, 3.8) is 0 Å². The zero-order chi connectivity index (χ0) is 14.0. The Morgan fingerprint density at radius 2 is 1.89 bits per heavy atom. The van der Waals surface area contributed by atoms with Crippen LogP contribution < -0.4 is 0 Å². The number of aryl methyl sites for hydroxylation is 1. The number of carbonyl (C=O) groups excluding carboxylic acids is 1. The second-order valence-electron chi connectivity index (χ2n) is 4.06. The molecule has 0 radical (unpaired) electrons. The van der Waals surface area contributed by atoms with Crippen LogP contribution in [0.1, 0.15) is 22.8 Å². The lowest BCUT2D eigenvalue weighted by molar-refractivity contribution is 0.0992. The van der Waals surface area contributed by atoms with E-state index in [1.807, 2.05) is 6.92 Å². The maximum absolute atomic E-state index is 13.0. The van der Waals surface area contributed by atoms with Gasteiger partial charge in [0.15, 0.2) is 23.2 Å². The normalized spacial score (nSPS) is 10.7. The fourth-order valence-corrected chi connectivity index (χ4v) is 1.67. The maximum Gasteiger partial charge on any atom is 0.194 e. The van der Waals surface area contributed by atoms with Crippen molar-refractivity contribution in [2.75, 3.05) is 0 Å². The first-order valence-corrected chi connectivity index (χ1v) is 5.70. The van der Waals surface area contributed by atoms with Crippen LogP contribution in [0.2, 0.25) is 0 Å². The summed E-state index contributed by atoms with van der Waals surface area (Å²) in [6, 6.07) is 1.40. The van der Waals surface area contributed by atoms with E-state index in [1.54, 1.807) is 10.9 Å². The van der Waals surface area contributed by atoms with Crippen LogP contribution in [0.15, 0.2) is 24.5 Å². The molecular weight excluding hydrogens is 257 g/mol. The number of rotatable bonds is 4. The average molecular weight is 268 g/mol. The molecule has 0 aliphatic heterocycles. The number of ketones is 1. The van der Waals surface area contributed by atoms with Gasteiger partial charge in [-0.05, 0) is 24.6 Å². The Morgan fingerprint density at radius 3 is 2.42 bits per heavy atom. The Kier molecular flexibility index (Phi) is 3.69. The van der Waals surface area contributed by atoms with Crippen molar-refractivity contribution >= 4 is 5.78 Å². The van der Waals surface area contributed by atoms with E-state index in [0.29, 0.717) is 24.2 Å². The molecule has 0 fully saturated rings. The monoisotopic (exact) mass is 268 g/mol. The van der Waals surface area contributed by atoms with Crippen LogP contribution in [0.25, 0.3) is 0 Å². The summed E-state index contributed by atoms with van der Waals surface area (Å²) < 4.78 is 40.4. The van der Waals surface area contributed by atoms with Crippen molar-refractivity contribution in [3.05, 3.63) is 53.1 Å². The predicted molar refractivity (Wildman–Crippen MR) is 62.3 cm³/mol. The van der Waals surface area contributed by atoms with Crippen molar-refractivity contribution in [2.24, 2.45) is 0 Å². The maximum atomic E-state index is 13.0. The molecule has 2 aromatic rings. The molecule has 0 saturated heterocycles. The van der Waals surface area contributed by atoms with Gasteiger partial charge >= 0.3 is 0 Å². The number of aromatic nitrogens is 2. The van der Waals surface area contributed by atoms with E-state index < -0.39 is 23.2 Å². The Bertz CT molecular complexity index is 599. The van der Waals surface area contributed by atoms with E-state index in [2.05, 4.69) is 5.10 Å². The van der Waals surface area contributed by atoms with Crippen molar-refractivity contribution in [1.29, 1.82) is 0 Å². The molecule has 0 aliphatic rings. The number of Topliss-reactive ketones (excluding diaryl/α,β-unsaturated/α-hetero) is 1. The van der Waals surface area contributed by atoms with Crippen LogP contribution in [0.4, 0.5) is 13.2 Å². The minimum absolute atomic E-state index is 0.0372. The van der Waals surface area contributed by atoms with E-state index in [-0.39, 0.29) is 12.0 Å². The Balaban J connectivity index is 2.20. The van der Waals surface area contributed by atoms with Crippen LogP contribution in [0.3, 0.4) is 0 Å². The summed E-state index contributed by atoms with van der Waals surface area (Å²) in [5.74, 6) is -4.80. The van der Waals surface area contributed by atoms with Gasteiger partial charge in [0.05, 0.1) is 6.20 Å². The second-order valence-corrected chi connectivity index (χ2v) is 4.06. The topological polar surface area (TPSA) is 34.9 Å². The number of benzene rings is 1. The van der Waals surface area contributed by atoms with Crippen molar-refractivity contribution < 1.29 is 18.0 Å². The van der Waals surface area contributed by atoms with Gasteiger partial charge < -0.3 is 0 Å². The van der Waals surface area contributed by atoms with Gasteiger partial charge in [0.25, 0.3) is 0 Å². The van der Waals surface area contributed by atoms with Gasteiger partial charge in [-0.2, -0.15) is 5.10 Å². The molecule has 0 atom stereocenters. The van der Waals surface area contributed by atoms with E-state index >= 15 is 0 Å². The fraction of sp³-hybridized carbons (Fsp3) is 0.231. The zero-order valence-corrected chi connectivity index (χ0v) is 10.2. The summed E-state index contributed by atoms with van der Waals surface area (Å²) in [5, 5.41) is 3.99. The largest absolute Gasteiger partial charge is 0.294 e. The molecule has 1 heterocycles. The molecule has 100 valence electrons. The van der Waals surface area contributed by atoms with Crippen LogP contribution in [0, 0.1) is 17.5 Å². The summed E-state index contributed by atoms with van der Waals surface area (Å²) in [5.41, 5.74) is 0.442. The third-order valence-corrected chi connectivity index (χ3v) is 2.68. The molecular formula is C13H11F3N2O. The zero-order valence-electron chi connectivity index (χ0n) is 10.2. The molecule has 2 rings (SSSR count). The van der Waals surface area contributed by atoms with Gasteiger partial charge in [0, 0.05) is 24.7 Å². The number of hydrogen-bond donors (Lipinski definition) is 0. The van der Waals surface area contributed by atoms with Crippen LogP contribution >= 0.6 is 0 Å². The van der Waals surface area contributed by atoms with Gasteiger partial charge in [-0.25, -0.2) is 13.2 Å². The molecule has 0 saturated carbocycles. The minimum Gasteiger partial charge on any atom is -0.294 e. The molecule has 0 amide bonds. The van der Waals surface area contributed by atoms with Crippen LogP contribution in [-0.2, 0) is 13.0 Å². The molecule has 1 aromatic heterocycles. The third-order valence-electron chi connectivity index (χ3n) is 2.68. The summed E-state index contributed by atoms with van der Waals surface area (Å²) in [6.07, 6.45) is 3.15. The molecule has 0 spiro atoms. The standard InChI is InChI=1S/C13H11F3N2O/c1-2-18-7-8(6-17-18)3-12(19)9-4-10(14)13(16)11(15)5-9/h4-7H,2-3H2,1H3. The lowest BCUT2D eigenvalue weighted by atomic mass is 10.0. The highest BCUT2D eigenvalue weighted by molar-refractivity contribution is 5.97. The predicted octanol–water partition coefficient (Wildman–Crippen LogP) is 2.75. The highest BCUT2D eigenvalue weighted by Gasteiger charge is 2.15. The molecule has 1 aromatic carbocycles. The Labute approximate surface area is 107 Å². The van der Waals surface area contributed by atoms with E-state index in [4.69, 9.17) is 0 Å². The van der Waals surface area contributed by atoms with E-state index in [9.17, 15) is 18.0 Å². The SMILES string of the molecule is CCn1cc(CC(=O)c2cc(F)c(F)c(F)c2)cn1. The lowest BCUT2D eigenvalue weighted by Crippen LogP contribution is -2.06. The lowest BCUT2D eigenvalue weighted by Gasteiger charge is -2.01. The van der Waals surface area contributed by atoms with Crippen LogP contribution in [0.5, 0.6) is 0 Å². The number of hydrogen-bond acceptors (Lipinski definition) is 2. The fourth-order valence-electron chi connectivity index (χ4n) is 1.67. The number of nitrogens with zero attached hydrogens (tertiary/aromatic N) is 2. The smallest absolute Gasteiger partial charge is 0.194 e. The van der Waals surface area contributed by atoms with Gasteiger partial charge in [0.1, 0.15) is 0 Å². The quantitative estimate of drug-likeness (QED) is 0.631. The molecule has 3 nitrogen and oxygen atoms in total. The summed E-state index contributed by atoms with van der Waals surface area (Å²) in [6.45, 7) is 2.55. The van der Waals surface area contributed by atoms with E-state index in [1.165, 1.54) is 6.20 Å². The summed E-state index contributed by atoms with van der Waals surface area (Å²) in [7, 11) is 0. The average Bonchev–Trinajstić information content (AvgIpc) is 2.83. The molecule has 19 heavy (non-hydrogen) atoms. The minimum atomic E-state index is -1.57. The molecule has 0 aliphatic carbocycles. The molecule has 0 bridgehead atoms. The molecule has 6 heteroatoms. The first-order valence-electron chi connectivity index (χ1n) is 5.70. The highest BCUT2D eigenvalue weighted by Crippen LogP contribution is 2.15. The second kappa shape index (κ2) is 5.26. The van der Waals surface area contributed by atoms with Crippen LogP contribution in [-0.4, -0.2) is 15.6 Å².